The lowest BCUT2D eigenvalue weighted by atomic mass is 9.90. The minimum Gasteiger partial charge on any atom is -0.478 e. The summed E-state index contributed by atoms with van der Waals surface area (Å²) in [4.78, 5) is 24.8. The molecule has 0 saturated carbocycles. The quantitative estimate of drug-likeness (QED) is 0.286. The van der Waals surface area contributed by atoms with Gasteiger partial charge in [0.2, 0.25) is 0 Å². The van der Waals surface area contributed by atoms with Crippen molar-refractivity contribution in [1.29, 1.82) is 0 Å². The summed E-state index contributed by atoms with van der Waals surface area (Å²) in [6.45, 7) is 4.17. The average Bonchev–Trinajstić information content (AvgIpc) is 3.11. The number of fused-ring (bicyclic) bond motifs is 2. The number of carbonyl (C=O) groups is 1. The highest BCUT2D eigenvalue weighted by molar-refractivity contribution is 5.89. The topological polar surface area (TPSA) is 67.5 Å². The molecule has 4 heteroatoms. The number of carboxylic acids is 1. The molecule has 1 aliphatic carbocycles. The molecule has 4 aromatic rings. The van der Waals surface area contributed by atoms with Crippen molar-refractivity contribution in [3.8, 4) is 0 Å². The largest absolute Gasteiger partial charge is 0.478 e. The highest BCUT2D eigenvalue weighted by Crippen LogP contribution is 2.34. The maximum absolute atomic E-state index is 13.3. The van der Waals surface area contributed by atoms with Crippen molar-refractivity contribution in [3.05, 3.63) is 116 Å². The van der Waals surface area contributed by atoms with Crippen molar-refractivity contribution >= 4 is 28.6 Å². The third-order valence-corrected chi connectivity index (χ3v) is 7.46. The van der Waals surface area contributed by atoms with Crippen LogP contribution < -0.4 is 5.43 Å². The van der Waals surface area contributed by atoms with Gasteiger partial charge in [-0.05, 0) is 103 Å². The average molecular weight is 493 g/mol. The summed E-state index contributed by atoms with van der Waals surface area (Å²) in [5.74, 6) is -0.0819. The van der Waals surface area contributed by atoms with E-state index in [-0.39, 0.29) is 11.3 Å². The Bertz CT molecular complexity index is 1560. The zero-order chi connectivity index (χ0) is 25.9. The first-order valence-electron chi connectivity index (χ1n) is 13.1. The number of carboxylic acid groups (broad SMARTS) is 1. The molecule has 37 heavy (non-hydrogen) atoms. The van der Waals surface area contributed by atoms with Crippen molar-refractivity contribution in [2.24, 2.45) is 0 Å². The third kappa shape index (κ3) is 5.29. The van der Waals surface area contributed by atoms with E-state index in [1.807, 2.05) is 31.2 Å². The molecule has 1 aliphatic rings. The van der Waals surface area contributed by atoms with Crippen LogP contribution >= 0.6 is 0 Å². The molecule has 0 fully saturated rings. The van der Waals surface area contributed by atoms with Crippen LogP contribution in [-0.4, -0.2) is 11.1 Å². The normalized spacial score (nSPS) is 14.1. The summed E-state index contributed by atoms with van der Waals surface area (Å²) in [7, 11) is 0. The van der Waals surface area contributed by atoms with Crippen LogP contribution in [0.5, 0.6) is 0 Å². The molecule has 188 valence electrons. The zero-order valence-corrected chi connectivity index (χ0v) is 21.4. The molecule has 1 N–H and O–H groups in total. The van der Waals surface area contributed by atoms with Gasteiger partial charge in [0.15, 0.2) is 5.43 Å². The van der Waals surface area contributed by atoms with Gasteiger partial charge in [0, 0.05) is 6.07 Å². The van der Waals surface area contributed by atoms with E-state index in [9.17, 15) is 14.7 Å². The van der Waals surface area contributed by atoms with E-state index in [1.165, 1.54) is 11.1 Å². The van der Waals surface area contributed by atoms with Crippen molar-refractivity contribution in [2.45, 2.75) is 58.3 Å². The highest BCUT2D eigenvalue weighted by Gasteiger charge is 2.19. The second kappa shape index (κ2) is 10.6. The van der Waals surface area contributed by atoms with Gasteiger partial charge in [-0.15, -0.1) is 0 Å². The van der Waals surface area contributed by atoms with Crippen molar-refractivity contribution in [2.75, 3.05) is 0 Å². The van der Waals surface area contributed by atoms with Crippen LogP contribution in [-0.2, 0) is 12.8 Å². The first-order chi connectivity index (χ1) is 17.9. The van der Waals surface area contributed by atoms with Gasteiger partial charge in [-0.25, -0.2) is 4.79 Å². The predicted molar refractivity (Wildman–Crippen MR) is 149 cm³/mol. The van der Waals surface area contributed by atoms with E-state index in [0.717, 1.165) is 54.4 Å². The zero-order valence-electron chi connectivity index (χ0n) is 21.4. The second-order valence-corrected chi connectivity index (χ2v) is 10.2. The van der Waals surface area contributed by atoms with Crippen LogP contribution in [0.1, 0.15) is 82.5 Å². The first kappa shape index (κ1) is 24.8. The molecule has 4 nitrogen and oxygen atoms in total. The van der Waals surface area contributed by atoms with Gasteiger partial charge in [-0.1, -0.05) is 55.5 Å². The fourth-order valence-corrected chi connectivity index (χ4v) is 5.49. The van der Waals surface area contributed by atoms with Gasteiger partial charge < -0.3 is 9.52 Å². The lowest BCUT2D eigenvalue weighted by Gasteiger charge is -2.16. The Balaban J connectivity index is 1.46. The van der Waals surface area contributed by atoms with Gasteiger partial charge in [-0.2, -0.15) is 0 Å². The molecule has 0 aliphatic heterocycles. The summed E-state index contributed by atoms with van der Waals surface area (Å²) in [5, 5.41) is 10.1. The Kier molecular flexibility index (Phi) is 7.09. The SMILES string of the molecule is Cc1cc(C(C)CCCc2ccccc2C(=O)O)c2oc(C3=Cc4ccccc4CCC3)cc(=O)c2c1. The van der Waals surface area contributed by atoms with Crippen LogP contribution in [0.4, 0.5) is 0 Å². The van der Waals surface area contributed by atoms with Crippen LogP contribution in [0.3, 0.4) is 0 Å². The predicted octanol–water partition coefficient (Wildman–Crippen LogP) is 7.80. The van der Waals surface area contributed by atoms with E-state index >= 15 is 0 Å². The first-order valence-corrected chi connectivity index (χ1v) is 13.1. The smallest absolute Gasteiger partial charge is 0.335 e. The van der Waals surface area contributed by atoms with Gasteiger partial charge in [0.05, 0.1) is 10.9 Å². The summed E-state index contributed by atoms with van der Waals surface area (Å²) >= 11 is 0. The lowest BCUT2D eigenvalue weighted by Crippen LogP contribution is -2.06. The molecule has 0 saturated heterocycles. The molecule has 1 heterocycles. The van der Waals surface area contributed by atoms with Crippen LogP contribution in [0, 0.1) is 6.92 Å². The van der Waals surface area contributed by atoms with Gasteiger partial charge in [-0.3, -0.25) is 4.79 Å². The third-order valence-electron chi connectivity index (χ3n) is 7.46. The van der Waals surface area contributed by atoms with Crippen molar-refractivity contribution in [3.63, 3.8) is 0 Å². The molecule has 0 amide bonds. The number of hydrogen-bond donors (Lipinski definition) is 1. The maximum atomic E-state index is 13.3. The molecule has 1 unspecified atom stereocenters. The molecule has 5 rings (SSSR count). The standard InChI is InChI=1S/C33H32O4/c1-21-17-28(22(2)9-7-14-24-11-5-6-16-27(24)33(35)36)32-29(18-21)30(34)20-31(37-32)26-15-8-13-23-10-3-4-12-25(23)19-26/h3-6,10-12,16-20,22H,7-9,13-15H2,1-2H3,(H,35,36). The van der Waals surface area contributed by atoms with E-state index in [0.29, 0.717) is 28.7 Å². The Morgan fingerprint density at radius 2 is 1.81 bits per heavy atom. The maximum Gasteiger partial charge on any atom is 0.335 e. The second-order valence-electron chi connectivity index (χ2n) is 10.2. The number of hydrogen-bond acceptors (Lipinski definition) is 3. The monoisotopic (exact) mass is 492 g/mol. The Hall–Kier alpha value is -3.92. The van der Waals surface area contributed by atoms with Gasteiger partial charge >= 0.3 is 5.97 Å². The summed E-state index contributed by atoms with van der Waals surface area (Å²) in [6.07, 6.45) is 7.45. The minimum absolute atomic E-state index is 0.0118. The molecule has 3 aromatic carbocycles. The van der Waals surface area contributed by atoms with E-state index in [2.05, 4.69) is 37.3 Å². The molecule has 0 spiro atoms. The molecular weight excluding hydrogens is 460 g/mol. The Labute approximate surface area is 217 Å². The lowest BCUT2D eigenvalue weighted by molar-refractivity contribution is 0.0695. The fourth-order valence-electron chi connectivity index (χ4n) is 5.49. The van der Waals surface area contributed by atoms with Gasteiger partial charge in [0.1, 0.15) is 11.3 Å². The summed E-state index contributed by atoms with van der Waals surface area (Å²) < 4.78 is 6.53. The molecule has 0 radical (unpaired) electrons. The molecule has 0 bridgehead atoms. The Morgan fingerprint density at radius 3 is 2.65 bits per heavy atom. The minimum atomic E-state index is -0.891. The van der Waals surface area contributed by atoms with E-state index in [1.54, 1.807) is 18.2 Å². The number of aryl methyl sites for hydroxylation is 3. The number of aromatic carboxylic acids is 1. The number of benzene rings is 3. The van der Waals surface area contributed by atoms with Crippen LogP contribution in [0.25, 0.3) is 22.6 Å². The Morgan fingerprint density at radius 1 is 1.03 bits per heavy atom. The van der Waals surface area contributed by atoms with E-state index < -0.39 is 5.97 Å². The van der Waals surface area contributed by atoms with E-state index in [4.69, 9.17) is 4.42 Å². The molecular formula is C33H32O4. The molecule has 1 aromatic heterocycles. The van der Waals surface area contributed by atoms with Crippen molar-refractivity contribution < 1.29 is 14.3 Å². The van der Waals surface area contributed by atoms with Crippen LogP contribution in [0.15, 0.2) is 75.9 Å². The fraction of sp³-hybridized carbons (Fsp3) is 0.273. The van der Waals surface area contributed by atoms with Crippen molar-refractivity contribution in [1.82, 2.24) is 0 Å². The summed E-state index contributed by atoms with van der Waals surface area (Å²) in [5.41, 5.74) is 7.53. The highest BCUT2D eigenvalue weighted by atomic mass is 16.4. The summed E-state index contributed by atoms with van der Waals surface area (Å²) in [6, 6.07) is 21.3. The van der Waals surface area contributed by atoms with Gasteiger partial charge in [0.25, 0.3) is 0 Å². The molecule has 1 atom stereocenters. The number of allylic oxidation sites excluding steroid dienone is 1. The number of rotatable bonds is 7. The van der Waals surface area contributed by atoms with Crippen LogP contribution in [0.2, 0.25) is 0 Å².